The van der Waals surface area contributed by atoms with Crippen LogP contribution in [0.25, 0.3) is 0 Å². The highest BCUT2D eigenvalue weighted by Gasteiger charge is 2.09. The van der Waals surface area contributed by atoms with E-state index in [1.807, 2.05) is 19.2 Å². The standard InChI is InChI=1S/C12H18N2O2/c1-14(9-7-13)8-6-10-4-2-3-5-11(10)12(15)16/h2-5H,6-9,13H2,1H3,(H,15,16). The Morgan fingerprint density at radius 3 is 2.69 bits per heavy atom. The number of rotatable bonds is 6. The number of nitrogens with two attached hydrogens (primary N) is 1. The summed E-state index contributed by atoms with van der Waals surface area (Å²) in [6.07, 6.45) is 0.735. The maximum absolute atomic E-state index is 11.0. The van der Waals surface area contributed by atoms with E-state index in [-0.39, 0.29) is 0 Å². The van der Waals surface area contributed by atoms with Gasteiger partial charge in [0.05, 0.1) is 5.56 Å². The van der Waals surface area contributed by atoms with E-state index >= 15 is 0 Å². The second-order valence-corrected chi connectivity index (χ2v) is 3.80. The lowest BCUT2D eigenvalue weighted by Crippen LogP contribution is -2.27. The van der Waals surface area contributed by atoms with E-state index in [1.54, 1.807) is 12.1 Å². The van der Waals surface area contributed by atoms with Gasteiger partial charge in [-0.25, -0.2) is 4.79 Å². The van der Waals surface area contributed by atoms with Gasteiger partial charge in [0.2, 0.25) is 0 Å². The zero-order chi connectivity index (χ0) is 12.0. The molecular formula is C12H18N2O2. The van der Waals surface area contributed by atoms with Crippen molar-refractivity contribution >= 4 is 5.97 Å². The Labute approximate surface area is 95.7 Å². The molecule has 1 aromatic carbocycles. The molecule has 0 aliphatic heterocycles. The summed E-state index contributed by atoms with van der Waals surface area (Å²) >= 11 is 0. The zero-order valence-corrected chi connectivity index (χ0v) is 9.52. The highest BCUT2D eigenvalue weighted by Crippen LogP contribution is 2.09. The van der Waals surface area contributed by atoms with E-state index < -0.39 is 5.97 Å². The summed E-state index contributed by atoms with van der Waals surface area (Å²) < 4.78 is 0. The summed E-state index contributed by atoms with van der Waals surface area (Å²) in [5.41, 5.74) is 6.71. The number of nitrogens with zero attached hydrogens (tertiary/aromatic N) is 1. The first kappa shape index (κ1) is 12.7. The maximum Gasteiger partial charge on any atom is 0.335 e. The Balaban J connectivity index is 2.63. The van der Waals surface area contributed by atoms with Crippen molar-refractivity contribution in [2.75, 3.05) is 26.7 Å². The molecule has 0 saturated heterocycles. The smallest absolute Gasteiger partial charge is 0.335 e. The summed E-state index contributed by atoms with van der Waals surface area (Å²) in [4.78, 5) is 13.1. The molecule has 0 unspecified atom stereocenters. The third kappa shape index (κ3) is 3.64. The van der Waals surface area contributed by atoms with Crippen LogP contribution in [0.5, 0.6) is 0 Å². The van der Waals surface area contributed by atoms with Gasteiger partial charge in [-0.1, -0.05) is 18.2 Å². The number of carboxylic acids is 1. The number of aromatic carboxylic acids is 1. The molecule has 0 aromatic heterocycles. The molecule has 0 spiro atoms. The van der Waals surface area contributed by atoms with Crippen molar-refractivity contribution in [1.29, 1.82) is 0 Å². The monoisotopic (exact) mass is 222 g/mol. The zero-order valence-electron chi connectivity index (χ0n) is 9.52. The molecule has 1 rings (SSSR count). The second-order valence-electron chi connectivity index (χ2n) is 3.80. The van der Waals surface area contributed by atoms with Gasteiger partial charge in [0.1, 0.15) is 0 Å². The third-order valence-corrected chi connectivity index (χ3v) is 2.52. The molecule has 88 valence electrons. The van der Waals surface area contributed by atoms with Gasteiger partial charge >= 0.3 is 5.97 Å². The SMILES string of the molecule is CN(CCN)CCc1ccccc1C(=O)O. The summed E-state index contributed by atoms with van der Waals surface area (Å²) in [6, 6.07) is 7.11. The number of carbonyl (C=O) groups is 1. The van der Waals surface area contributed by atoms with E-state index in [4.69, 9.17) is 10.8 Å². The van der Waals surface area contributed by atoms with Crippen LogP contribution in [-0.4, -0.2) is 42.7 Å². The van der Waals surface area contributed by atoms with Gasteiger partial charge in [-0.15, -0.1) is 0 Å². The highest BCUT2D eigenvalue weighted by molar-refractivity contribution is 5.89. The van der Waals surface area contributed by atoms with Crippen LogP contribution < -0.4 is 5.73 Å². The molecule has 16 heavy (non-hydrogen) atoms. The maximum atomic E-state index is 11.0. The molecule has 3 N–H and O–H groups in total. The third-order valence-electron chi connectivity index (χ3n) is 2.52. The Hall–Kier alpha value is -1.39. The molecule has 4 heteroatoms. The first-order valence-electron chi connectivity index (χ1n) is 5.35. The lowest BCUT2D eigenvalue weighted by molar-refractivity contribution is 0.0695. The minimum atomic E-state index is -0.864. The van der Waals surface area contributed by atoms with Crippen LogP contribution in [0.4, 0.5) is 0 Å². The fraction of sp³-hybridized carbons (Fsp3) is 0.417. The van der Waals surface area contributed by atoms with Crippen LogP contribution in [0.2, 0.25) is 0 Å². The quantitative estimate of drug-likeness (QED) is 0.747. The van der Waals surface area contributed by atoms with Crippen molar-refractivity contribution in [3.63, 3.8) is 0 Å². The predicted octanol–water partition coefficient (Wildman–Crippen LogP) is 0.818. The van der Waals surface area contributed by atoms with E-state index in [0.29, 0.717) is 12.1 Å². The molecule has 0 radical (unpaired) electrons. The molecule has 0 amide bonds. The number of likely N-dealkylation sites (N-methyl/N-ethyl adjacent to an activating group) is 1. The van der Waals surface area contributed by atoms with Gasteiger partial charge in [0, 0.05) is 19.6 Å². The van der Waals surface area contributed by atoms with Gasteiger partial charge < -0.3 is 15.7 Å². The lowest BCUT2D eigenvalue weighted by Gasteiger charge is -2.15. The molecule has 0 aliphatic carbocycles. The van der Waals surface area contributed by atoms with Gasteiger partial charge in [0.25, 0.3) is 0 Å². The molecule has 0 fully saturated rings. The molecule has 0 atom stereocenters. The Kier molecular flexibility index (Phi) is 4.95. The van der Waals surface area contributed by atoms with Gasteiger partial charge in [-0.05, 0) is 25.1 Å². The second kappa shape index (κ2) is 6.25. The van der Waals surface area contributed by atoms with Crippen LogP contribution >= 0.6 is 0 Å². The Bertz CT molecular complexity index is 353. The van der Waals surface area contributed by atoms with Gasteiger partial charge in [0.15, 0.2) is 0 Å². The molecule has 1 aromatic rings. The summed E-state index contributed by atoms with van der Waals surface area (Å²) in [5.74, 6) is -0.864. The fourth-order valence-electron chi connectivity index (χ4n) is 1.59. The molecule has 0 heterocycles. The summed E-state index contributed by atoms with van der Waals surface area (Å²) in [7, 11) is 1.98. The molecule has 0 saturated carbocycles. The minimum Gasteiger partial charge on any atom is -0.478 e. The summed E-state index contributed by atoms with van der Waals surface area (Å²) in [6.45, 7) is 2.27. The van der Waals surface area contributed by atoms with Crippen molar-refractivity contribution in [3.8, 4) is 0 Å². The van der Waals surface area contributed by atoms with Crippen molar-refractivity contribution in [1.82, 2.24) is 4.90 Å². The van der Waals surface area contributed by atoms with Crippen LogP contribution in [0.3, 0.4) is 0 Å². The van der Waals surface area contributed by atoms with Crippen LogP contribution in [0.15, 0.2) is 24.3 Å². The summed E-state index contributed by atoms with van der Waals surface area (Å²) in [5, 5.41) is 9.00. The van der Waals surface area contributed by atoms with Crippen molar-refractivity contribution in [2.24, 2.45) is 5.73 Å². The van der Waals surface area contributed by atoms with Crippen molar-refractivity contribution in [2.45, 2.75) is 6.42 Å². The fourth-order valence-corrected chi connectivity index (χ4v) is 1.59. The van der Waals surface area contributed by atoms with Gasteiger partial charge in [-0.3, -0.25) is 0 Å². The van der Waals surface area contributed by atoms with E-state index in [0.717, 1.165) is 25.1 Å². The first-order chi connectivity index (χ1) is 7.65. The minimum absolute atomic E-state index is 0.392. The van der Waals surface area contributed by atoms with Gasteiger partial charge in [-0.2, -0.15) is 0 Å². The number of hydrogen-bond acceptors (Lipinski definition) is 3. The average Bonchev–Trinajstić information content (AvgIpc) is 2.27. The predicted molar refractivity (Wildman–Crippen MR) is 63.7 cm³/mol. The lowest BCUT2D eigenvalue weighted by atomic mass is 10.0. The highest BCUT2D eigenvalue weighted by atomic mass is 16.4. The van der Waals surface area contributed by atoms with Crippen molar-refractivity contribution in [3.05, 3.63) is 35.4 Å². The van der Waals surface area contributed by atoms with Crippen LogP contribution in [0.1, 0.15) is 15.9 Å². The van der Waals surface area contributed by atoms with Crippen LogP contribution in [-0.2, 0) is 6.42 Å². The van der Waals surface area contributed by atoms with Crippen molar-refractivity contribution < 1.29 is 9.90 Å². The average molecular weight is 222 g/mol. The topological polar surface area (TPSA) is 66.6 Å². The van der Waals surface area contributed by atoms with E-state index in [2.05, 4.69) is 4.90 Å². The molecule has 0 bridgehead atoms. The normalized spacial score (nSPS) is 10.7. The molecule has 4 nitrogen and oxygen atoms in total. The number of hydrogen-bond donors (Lipinski definition) is 2. The largest absolute Gasteiger partial charge is 0.478 e. The number of carboxylic acid groups (broad SMARTS) is 1. The molecule has 0 aliphatic rings. The Morgan fingerprint density at radius 2 is 2.06 bits per heavy atom. The van der Waals surface area contributed by atoms with E-state index in [9.17, 15) is 4.79 Å². The number of benzene rings is 1. The van der Waals surface area contributed by atoms with Crippen LogP contribution in [0, 0.1) is 0 Å². The Morgan fingerprint density at radius 1 is 1.38 bits per heavy atom. The molecular weight excluding hydrogens is 204 g/mol. The van der Waals surface area contributed by atoms with E-state index in [1.165, 1.54) is 0 Å². The first-order valence-corrected chi connectivity index (χ1v) is 5.35.